The highest BCUT2D eigenvalue weighted by Crippen LogP contribution is 2.37. The molecule has 0 aliphatic carbocycles. The lowest BCUT2D eigenvalue weighted by molar-refractivity contribution is -0.116. The van der Waals surface area contributed by atoms with Crippen LogP contribution in [0.5, 0.6) is 0 Å². The van der Waals surface area contributed by atoms with Crippen molar-refractivity contribution >= 4 is 35.1 Å². The molecule has 0 bridgehead atoms. The molecule has 1 amide bonds. The molecule has 2 aromatic carbocycles. The molecule has 0 saturated carbocycles. The molecule has 4 rings (SSSR count). The third kappa shape index (κ3) is 3.86. The maximum atomic E-state index is 14.7. The van der Waals surface area contributed by atoms with Gasteiger partial charge in [0.2, 0.25) is 11.9 Å². The van der Waals surface area contributed by atoms with E-state index in [2.05, 4.69) is 20.7 Å². The van der Waals surface area contributed by atoms with Crippen molar-refractivity contribution in [2.45, 2.75) is 25.8 Å². The molecule has 1 atom stereocenters. The first kappa shape index (κ1) is 19.1. The molecule has 6 nitrogen and oxygen atoms in total. The lowest BCUT2D eigenvalue weighted by Gasteiger charge is -2.25. The van der Waals surface area contributed by atoms with Gasteiger partial charge in [0, 0.05) is 22.7 Å². The predicted molar refractivity (Wildman–Crippen MR) is 111 cm³/mol. The highest BCUT2D eigenvalue weighted by molar-refractivity contribution is 6.31. The van der Waals surface area contributed by atoms with Gasteiger partial charge in [0.25, 0.3) is 5.95 Å². The molecule has 2 heterocycles. The van der Waals surface area contributed by atoms with Gasteiger partial charge in [-0.3, -0.25) is 10.1 Å². The quantitative estimate of drug-likeness (QED) is 0.628. The van der Waals surface area contributed by atoms with E-state index in [1.54, 1.807) is 12.1 Å². The Morgan fingerprint density at radius 1 is 1.24 bits per heavy atom. The number of hydrogen-bond acceptors (Lipinski definition) is 4. The Hall–Kier alpha value is -3.19. The van der Waals surface area contributed by atoms with Crippen LogP contribution in [0.4, 0.5) is 16.3 Å². The first-order valence-corrected chi connectivity index (χ1v) is 9.69. The number of allylic oxidation sites excluding steroid dienone is 1. The zero-order valence-corrected chi connectivity index (χ0v) is 16.4. The predicted octanol–water partition coefficient (Wildman–Crippen LogP) is 4.87. The maximum absolute atomic E-state index is 14.7. The molecule has 29 heavy (non-hydrogen) atoms. The monoisotopic (exact) mass is 411 g/mol. The van der Waals surface area contributed by atoms with Crippen LogP contribution < -0.4 is 10.6 Å². The Kier molecular flexibility index (Phi) is 5.31. The van der Waals surface area contributed by atoms with E-state index in [9.17, 15) is 9.18 Å². The van der Waals surface area contributed by atoms with Crippen LogP contribution in [0, 0.1) is 5.82 Å². The van der Waals surface area contributed by atoms with E-state index in [1.807, 2.05) is 43.3 Å². The van der Waals surface area contributed by atoms with Gasteiger partial charge >= 0.3 is 0 Å². The fourth-order valence-corrected chi connectivity index (χ4v) is 3.52. The van der Waals surface area contributed by atoms with E-state index in [0.29, 0.717) is 29.4 Å². The van der Waals surface area contributed by atoms with Crippen molar-refractivity contribution in [2.24, 2.45) is 0 Å². The molecule has 2 N–H and O–H groups in total. The van der Waals surface area contributed by atoms with E-state index in [1.165, 1.54) is 10.7 Å². The van der Waals surface area contributed by atoms with Crippen LogP contribution in [0.25, 0.3) is 5.70 Å². The first-order chi connectivity index (χ1) is 14.1. The summed E-state index contributed by atoms with van der Waals surface area (Å²) in [6.45, 7) is 1.92. The number of nitrogens with one attached hydrogen (secondary N) is 2. The SMILES string of the molecule is CCCC(=O)Nc1nc2n(n1)[C@@H](c1c(F)cccc1Cl)C=C(c1ccccc1)N2. The number of carbonyl (C=O) groups excluding carboxylic acids is 1. The summed E-state index contributed by atoms with van der Waals surface area (Å²) in [6, 6.07) is 13.6. The lowest BCUT2D eigenvalue weighted by Crippen LogP contribution is -2.21. The van der Waals surface area contributed by atoms with Crippen molar-refractivity contribution < 1.29 is 9.18 Å². The Morgan fingerprint density at radius 2 is 2.03 bits per heavy atom. The van der Waals surface area contributed by atoms with Crippen LogP contribution in [0.2, 0.25) is 5.02 Å². The normalized spacial score (nSPS) is 15.3. The summed E-state index contributed by atoms with van der Waals surface area (Å²) in [4.78, 5) is 16.3. The minimum atomic E-state index is -0.625. The van der Waals surface area contributed by atoms with Crippen LogP contribution in [-0.2, 0) is 4.79 Å². The Bertz CT molecular complexity index is 1060. The summed E-state index contributed by atoms with van der Waals surface area (Å²) in [5.41, 5.74) is 1.96. The van der Waals surface area contributed by atoms with Crippen molar-refractivity contribution in [3.63, 3.8) is 0 Å². The number of anilines is 2. The van der Waals surface area contributed by atoms with Gasteiger partial charge in [-0.25, -0.2) is 9.07 Å². The minimum absolute atomic E-state index is 0.158. The fraction of sp³-hybridized carbons (Fsp3) is 0.190. The topological polar surface area (TPSA) is 71.8 Å². The maximum Gasteiger partial charge on any atom is 0.250 e. The van der Waals surface area contributed by atoms with Gasteiger partial charge in [-0.05, 0) is 30.2 Å². The summed E-state index contributed by atoms with van der Waals surface area (Å²) in [5.74, 6) is -0.0631. The fourth-order valence-electron chi connectivity index (χ4n) is 3.25. The molecule has 1 aliphatic rings. The number of aromatic nitrogens is 3. The van der Waals surface area contributed by atoms with Gasteiger partial charge in [0.05, 0.1) is 0 Å². The number of amides is 1. The number of hydrogen-bond donors (Lipinski definition) is 2. The minimum Gasteiger partial charge on any atom is -0.324 e. The summed E-state index contributed by atoms with van der Waals surface area (Å²) in [7, 11) is 0. The van der Waals surface area contributed by atoms with Crippen molar-refractivity contribution in [2.75, 3.05) is 10.6 Å². The molecule has 3 aromatic rings. The zero-order chi connectivity index (χ0) is 20.4. The standard InChI is InChI=1S/C21H19ClFN5O/c1-2-7-18(29)25-20-26-21-24-16(13-8-4-3-5-9-13)12-17(28(21)27-20)19-14(22)10-6-11-15(19)23/h3-6,8-12,17H,2,7H2,1H3,(H2,24,25,26,27,29)/t17-/m1/s1. The van der Waals surface area contributed by atoms with Crippen LogP contribution in [0.15, 0.2) is 54.6 Å². The lowest BCUT2D eigenvalue weighted by atomic mass is 10.0. The third-order valence-electron chi connectivity index (χ3n) is 4.57. The highest BCUT2D eigenvalue weighted by atomic mass is 35.5. The van der Waals surface area contributed by atoms with Crippen LogP contribution in [-0.4, -0.2) is 20.7 Å². The summed E-state index contributed by atoms with van der Waals surface area (Å²) in [5, 5.41) is 10.6. The van der Waals surface area contributed by atoms with E-state index >= 15 is 0 Å². The van der Waals surface area contributed by atoms with Crippen LogP contribution >= 0.6 is 11.6 Å². The summed E-state index contributed by atoms with van der Waals surface area (Å²) in [6.07, 6.45) is 2.93. The molecule has 0 saturated heterocycles. The second-order valence-electron chi connectivity index (χ2n) is 6.65. The third-order valence-corrected chi connectivity index (χ3v) is 4.90. The van der Waals surface area contributed by atoms with Gasteiger partial charge in [0.1, 0.15) is 11.9 Å². The van der Waals surface area contributed by atoms with Crippen LogP contribution in [0.1, 0.15) is 36.9 Å². The van der Waals surface area contributed by atoms with E-state index < -0.39 is 11.9 Å². The second kappa shape index (κ2) is 8.05. The number of benzene rings is 2. The molecule has 0 unspecified atom stereocenters. The molecular formula is C21H19ClFN5O. The van der Waals surface area contributed by atoms with Gasteiger partial charge < -0.3 is 5.32 Å². The molecule has 8 heteroatoms. The number of nitrogens with zero attached hydrogens (tertiary/aromatic N) is 3. The molecular weight excluding hydrogens is 393 g/mol. The Balaban J connectivity index is 1.80. The number of carbonyl (C=O) groups is 1. The summed E-state index contributed by atoms with van der Waals surface area (Å²) < 4.78 is 16.2. The number of halogens is 2. The number of fused-ring (bicyclic) bond motifs is 1. The van der Waals surface area contributed by atoms with E-state index in [4.69, 9.17) is 11.6 Å². The Labute approximate surface area is 172 Å². The first-order valence-electron chi connectivity index (χ1n) is 9.31. The van der Waals surface area contributed by atoms with Crippen LogP contribution in [0.3, 0.4) is 0 Å². The van der Waals surface area contributed by atoms with Gasteiger partial charge in [-0.15, -0.1) is 5.10 Å². The molecule has 1 aliphatic heterocycles. The molecule has 0 spiro atoms. The average Bonchev–Trinajstić information content (AvgIpc) is 3.11. The molecule has 1 aromatic heterocycles. The second-order valence-corrected chi connectivity index (χ2v) is 7.06. The summed E-state index contributed by atoms with van der Waals surface area (Å²) >= 11 is 6.33. The number of rotatable bonds is 5. The molecule has 148 valence electrons. The van der Waals surface area contributed by atoms with Crippen molar-refractivity contribution in [3.8, 4) is 0 Å². The average molecular weight is 412 g/mol. The van der Waals surface area contributed by atoms with Crippen molar-refractivity contribution in [3.05, 3.63) is 76.6 Å². The molecule has 0 radical (unpaired) electrons. The zero-order valence-electron chi connectivity index (χ0n) is 15.7. The highest BCUT2D eigenvalue weighted by Gasteiger charge is 2.29. The van der Waals surface area contributed by atoms with Crippen molar-refractivity contribution in [1.82, 2.24) is 14.8 Å². The van der Waals surface area contributed by atoms with Gasteiger partial charge in [-0.2, -0.15) is 4.98 Å². The van der Waals surface area contributed by atoms with E-state index in [-0.39, 0.29) is 11.9 Å². The van der Waals surface area contributed by atoms with Gasteiger partial charge in [0.15, 0.2) is 0 Å². The Morgan fingerprint density at radius 3 is 2.76 bits per heavy atom. The van der Waals surface area contributed by atoms with Gasteiger partial charge in [-0.1, -0.05) is 54.9 Å². The van der Waals surface area contributed by atoms with E-state index in [0.717, 1.165) is 11.3 Å². The smallest absolute Gasteiger partial charge is 0.250 e. The van der Waals surface area contributed by atoms with Crippen molar-refractivity contribution in [1.29, 1.82) is 0 Å². The molecule has 0 fully saturated rings. The largest absolute Gasteiger partial charge is 0.324 e.